The van der Waals surface area contributed by atoms with E-state index < -0.39 is 11.1 Å². The molecule has 1 unspecified atom stereocenters. The van der Waals surface area contributed by atoms with E-state index in [1.807, 2.05) is 6.07 Å². The quantitative estimate of drug-likeness (QED) is 0.612. The van der Waals surface area contributed by atoms with Gasteiger partial charge in [-0.05, 0) is 25.0 Å². The number of benzene rings is 1. The van der Waals surface area contributed by atoms with E-state index in [4.69, 9.17) is 4.55 Å². The first kappa shape index (κ1) is 12.3. The molecule has 1 aliphatic carbocycles. The summed E-state index contributed by atoms with van der Waals surface area (Å²) in [4.78, 5) is 0.413. The van der Waals surface area contributed by atoms with Gasteiger partial charge in [0.1, 0.15) is 0 Å². The van der Waals surface area contributed by atoms with Crippen LogP contribution in [0.3, 0.4) is 0 Å². The molecule has 0 heterocycles. The van der Waals surface area contributed by atoms with E-state index in [1.54, 1.807) is 18.2 Å². The summed E-state index contributed by atoms with van der Waals surface area (Å²) in [5, 5.41) is 0. The van der Waals surface area contributed by atoms with Crippen LogP contribution in [0.5, 0.6) is 0 Å². The van der Waals surface area contributed by atoms with Gasteiger partial charge in [-0.15, -0.1) is 0 Å². The van der Waals surface area contributed by atoms with Crippen molar-refractivity contribution in [3.05, 3.63) is 29.8 Å². The molecular weight excluding hydrogens is 232 g/mol. The molecule has 1 saturated carbocycles. The maximum absolute atomic E-state index is 11.1. The van der Waals surface area contributed by atoms with Gasteiger partial charge in [0.2, 0.25) is 0 Å². The molecule has 0 amide bonds. The van der Waals surface area contributed by atoms with E-state index in [1.165, 1.54) is 19.3 Å². The van der Waals surface area contributed by atoms with Crippen molar-refractivity contribution >= 4 is 11.1 Å². The van der Waals surface area contributed by atoms with Crippen LogP contribution >= 0.6 is 0 Å². The van der Waals surface area contributed by atoms with Crippen LogP contribution in [0.2, 0.25) is 0 Å². The Hall–Kier alpha value is -1.11. The highest BCUT2D eigenvalue weighted by Crippen LogP contribution is 2.23. The van der Waals surface area contributed by atoms with Crippen molar-refractivity contribution in [3.63, 3.8) is 0 Å². The number of hydrogen-bond donors (Lipinski definition) is 1. The molecule has 1 fully saturated rings. The fraction of sp³-hybridized carbons (Fsp3) is 0.429. The van der Waals surface area contributed by atoms with Crippen LogP contribution < -0.4 is 0 Å². The molecule has 1 aliphatic rings. The molecule has 1 aromatic rings. The minimum Gasteiger partial charge on any atom is -0.302 e. The minimum atomic E-state index is -1.95. The molecule has 17 heavy (non-hydrogen) atoms. The Kier molecular flexibility index (Phi) is 4.36. The molecule has 0 radical (unpaired) electrons. The fourth-order valence-electron chi connectivity index (χ4n) is 2.15. The maximum Gasteiger partial charge on any atom is 0.187 e. The topological polar surface area (TPSA) is 37.3 Å². The van der Waals surface area contributed by atoms with E-state index in [2.05, 4.69) is 11.8 Å². The van der Waals surface area contributed by atoms with Crippen molar-refractivity contribution in [2.24, 2.45) is 5.92 Å². The smallest absolute Gasteiger partial charge is 0.187 e. The van der Waals surface area contributed by atoms with Crippen LogP contribution in [0.1, 0.15) is 37.7 Å². The van der Waals surface area contributed by atoms with Gasteiger partial charge in [0.25, 0.3) is 0 Å². The van der Waals surface area contributed by atoms with Crippen LogP contribution in [-0.2, 0) is 11.1 Å². The monoisotopic (exact) mass is 248 g/mol. The molecule has 0 aliphatic heterocycles. The summed E-state index contributed by atoms with van der Waals surface area (Å²) in [6, 6.07) is 7.07. The Labute approximate surface area is 105 Å². The fourth-order valence-corrected chi connectivity index (χ4v) is 2.65. The summed E-state index contributed by atoms with van der Waals surface area (Å²) >= 11 is -1.95. The second-order valence-electron chi connectivity index (χ2n) is 4.35. The van der Waals surface area contributed by atoms with Gasteiger partial charge in [0.15, 0.2) is 11.1 Å². The number of rotatable bonds is 1. The summed E-state index contributed by atoms with van der Waals surface area (Å²) in [6.07, 6.45) is 6.16. The summed E-state index contributed by atoms with van der Waals surface area (Å²) in [5.41, 5.74) is 0.680. The summed E-state index contributed by atoms with van der Waals surface area (Å²) in [7, 11) is 0. The lowest BCUT2D eigenvalue weighted by molar-refractivity contribution is 0.430. The normalized spacial score (nSPS) is 18.2. The Balaban J connectivity index is 2.17. The zero-order valence-electron chi connectivity index (χ0n) is 9.69. The van der Waals surface area contributed by atoms with Gasteiger partial charge < -0.3 is 4.55 Å². The molecule has 1 N–H and O–H groups in total. The number of hydrogen-bond acceptors (Lipinski definition) is 1. The van der Waals surface area contributed by atoms with Gasteiger partial charge in [-0.25, -0.2) is 4.21 Å². The van der Waals surface area contributed by atoms with Crippen molar-refractivity contribution in [2.75, 3.05) is 0 Å². The minimum absolute atomic E-state index is 0.413. The van der Waals surface area contributed by atoms with Crippen molar-refractivity contribution in [1.29, 1.82) is 0 Å². The molecule has 0 aromatic heterocycles. The second kappa shape index (κ2) is 6.00. The molecule has 1 aromatic carbocycles. The Bertz CT molecular complexity index is 465. The SMILES string of the molecule is O=S(O)c1ccccc1C#CC1CCCCC1. The van der Waals surface area contributed by atoms with Gasteiger partial charge >= 0.3 is 0 Å². The third-order valence-electron chi connectivity index (χ3n) is 3.09. The van der Waals surface area contributed by atoms with Crippen LogP contribution in [0.25, 0.3) is 0 Å². The predicted octanol–water partition coefficient (Wildman–Crippen LogP) is 3.20. The van der Waals surface area contributed by atoms with E-state index in [-0.39, 0.29) is 0 Å². The molecule has 3 heteroatoms. The first-order chi connectivity index (χ1) is 8.27. The summed E-state index contributed by atoms with van der Waals surface area (Å²) in [6.45, 7) is 0. The van der Waals surface area contributed by atoms with Crippen LogP contribution in [-0.4, -0.2) is 8.76 Å². The first-order valence-corrected chi connectivity index (χ1v) is 7.09. The second-order valence-corrected chi connectivity index (χ2v) is 5.29. The largest absolute Gasteiger partial charge is 0.302 e. The van der Waals surface area contributed by atoms with E-state index in [0.29, 0.717) is 16.4 Å². The summed E-state index contributed by atoms with van der Waals surface area (Å²) in [5.74, 6) is 6.76. The van der Waals surface area contributed by atoms with Gasteiger partial charge in [0, 0.05) is 11.5 Å². The lowest BCUT2D eigenvalue weighted by Gasteiger charge is -2.15. The Morgan fingerprint density at radius 3 is 2.59 bits per heavy atom. The Morgan fingerprint density at radius 1 is 1.18 bits per heavy atom. The summed E-state index contributed by atoms with van der Waals surface area (Å²) < 4.78 is 20.3. The zero-order chi connectivity index (χ0) is 12.1. The zero-order valence-corrected chi connectivity index (χ0v) is 10.5. The first-order valence-electron chi connectivity index (χ1n) is 5.99. The average molecular weight is 248 g/mol. The highest BCUT2D eigenvalue weighted by Gasteiger charge is 2.10. The van der Waals surface area contributed by atoms with Crippen molar-refractivity contribution < 1.29 is 8.76 Å². The predicted molar refractivity (Wildman–Crippen MR) is 68.9 cm³/mol. The van der Waals surface area contributed by atoms with Crippen molar-refractivity contribution in [1.82, 2.24) is 0 Å². The molecule has 90 valence electrons. The van der Waals surface area contributed by atoms with Gasteiger partial charge in [-0.1, -0.05) is 43.2 Å². The standard InChI is InChI=1S/C14H16O2S/c15-17(16)14-9-5-4-8-13(14)11-10-12-6-2-1-3-7-12/h4-5,8-9,12H,1-3,6-7H2,(H,15,16). The molecule has 0 bridgehead atoms. The molecule has 2 rings (SSSR count). The highest BCUT2D eigenvalue weighted by molar-refractivity contribution is 7.79. The van der Waals surface area contributed by atoms with Crippen LogP contribution in [0, 0.1) is 17.8 Å². The van der Waals surface area contributed by atoms with E-state index in [9.17, 15) is 4.21 Å². The van der Waals surface area contributed by atoms with Crippen LogP contribution in [0.4, 0.5) is 0 Å². The third kappa shape index (κ3) is 3.42. The molecule has 0 saturated heterocycles. The van der Waals surface area contributed by atoms with Crippen molar-refractivity contribution in [3.8, 4) is 11.8 Å². The Morgan fingerprint density at radius 2 is 1.88 bits per heavy atom. The van der Waals surface area contributed by atoms with Gasteiger partial charge in [0.05, 0.1) is 4.90 Å². The molecule has 1 atom stereocenters. The third-order valence-corrected chi connectivity index (χ3v) is 3.82. The highest BCUT2D eigenvalue weighted by atomic mass is 32.2. The van der Waals surface area contributed by atoms with Gasteiger partial charge in [-0.2, -0.15) is 0 Å². The molecular formula is C14H16O2S. The lowest BCUT2D eigenvalue weighted by Crippen LogP contribution is -2.03. The lowest BCUT2D eigenvalue weighted by atomic mass is 9.90. The molecule has 2 nitrogen and oxygen atoms in total. The average Bonchev–Trinajstić information content (AvgIpc) is 2.38. The van der Waals surface area contributed by atoms with E-state index in [0.717, 1.165) is 12.8 Å². The van der Waals surface area contributed by atoms with Crippen LogP contribution in [0.15, 0.2) is 29.2 Å². The van der Waals surface area contributed by atoms with Crippen molar-refractivity contribution in [2.45, 2.75) is 37.0 Å². The van der Waals surface area contributed by atoms with Gasteiger partial charge in [-0.3, -0.25) is 0 Å². The maximum atomic E-state index is 11.1. The van der Waals surface area contributed by atoms with E-state index >= 15 is 0 Å². The molecule has 0 spiro atoms.